The molecule has 8 nitrogen and oxygen atoms in total. The van der Waals surface area contributed by atoms with Crippen molar-refractivity contribution in [1.82, 2.24) is 20.2 Å². The van der Waals surface area contributed by atoms with Gasteiger partial charge in [-0.05, 0) is 17.5 Å². The van der Waals surface area contributed by atoms with Crippen LogP contribution in [0.1, 0.15) is 19.4 Å². The van der Waals surface area contributed by atoms with Crippen LogP contribution in [0.5, 0.6) is 0 Å². The molecule has 1 saturated heterocycles. The van der Waals surface area contributed by atoms with Gasteiger partial charge in [-0.3, -0.25) is 4.79 Å². The van der Waals surface area contributed by atoms with E-state index in [1.54, 1.807) is 23.4 Å². The van der Waals surface area contributed by atoms with Crippen LogP contribution in [0.25, 0.3) is 0 Å². The molecule has 1 aliphatic rings. The molecule has 1 aliphatic heterocycles. The fraction of sp³-hybridized carbons (Fsp3) is 0.429. The highest BCUT2D eigenvalue weighted by atomic mass is 16.5. The number of hydrogen-bond acceptors (Lipinski definition) is 6. The number of hydrogen-bond donors (Lipinski definition) is 1. The molecule has 3 rings (SSSR count). The van der Waals surface area contributed by atoms with Crippen molar-refractivity contribution in [3.05, 3.63) is 54.4 Å². The third kappa shape index (κ3) is 5.66. The molecule has 1 N–H and O–H groups in total. The number of alkyl carbamates (subject to hydrolysis) is 1. The summed E-state index contributed by atoms with van der Waals surface area (Å²) in [6, 6.07) is 10.6. The molecule has 2 amide bonds. The van der Waals surface area contributed by atoms with E-state index in [-0.39, 0.29) is 18.4 Å². The van der Waals surface area contributed by atoms with Crippen LogP contribution in [0.3, 0.4) is 0 Å². The lowest BCUT2D eigenvalue weighted by atomic mass is 10.0. The standard InChI is InChI=1S/C21H27N5O3/c1-16(2)18(24-21(28)29-15-17-7-4-3-5-8-17)19(27)25-11-13-26(14-12-25)20-22-9-6-10-23-20/h3-10,16,18H,11-15H2,1-2H3,(H,24,28)/t18-/m1/s1. The Labute approximate surface area is 170 Å². The highest BCUT2D eigenvalue weighted by Crippen LogP contribution is 2.13. The quantitative estimate of drug-likeness (QED) is 0.803. The van der Waals surface area contributed by atoms with Gasteiger partial charge in [0, 0.05) is 38.6 Å². The Morgan fingerprint density at radius 1 is 1.03 bits per heavy atom. The Balaban J connectivity index is 1.52. The summed E-state index contributed by atoms with van der Waals surface area (Å²) in [5, 5.41) is 2.74. The summed E-state index contributed by atoms with van der Waals surface area (Å²) < 4.78 is 5.28. The molecular weight excluding hydrogens is 370 g/mol. The smallest absolute Gasteiger partial charge is 0.408 e. The number of piperazine rings is 1. The largest absolute Gasteiger partial charge is 0.445 e. The number of aromatic nitrogens is 2. The van der Waals surface area contributed by atoms with Gasteiger partial charge in [-0.15, -0.1) is 0 Å². The van der Waals surface area contributed by atoms with Crippen molar-refractivity contribution in [2.24, 2.45) is 5.92 Å². The number of ether oxygens (including phenoxy) is 1. The minimum atomic E-state index is -0.627. The molecule has 29 heavy (non-hydrogen) atoms. The van der Waals surface area contributed by atoms with Crippen molar-refractivity contribution >= 4 is 17.9 Å². The number of carbonyl (C=O) groups excluding carboxylic acids is 2. The zero-order valence-corrected chi connectivity index (χ0v) is 16.8. The topological polar surface area (TPSA) is 87.7 Å². The molecule has 8 heteroatoms. The van der Waals surface area contributed by atoms with Crippen molar-refractivity contribution in [2.45, 2.75) is 26.5 Å². The van der Waals surface area contributed by atoms with Crippen LogP contribution in [-0.2, 0) is 16.1 Å². The molecule has 1 aromatic heterocycles. The zero-order valence-electron chi connectivity index (χ0n) is 16.8. The normalized spacial score (nSPS) is 15.1. The molecule has 1 atom stereocenters. The minimum absolute atomic E-state index is 0.0535. The lowest BCUT2D eigenvalue weighted by molar-refractivity contribution is -0.134. The average molecular weight is 397 g/mol. The Hall–Kier alpha value is -3.16. The number of benzene rings is 1. The Kier molecular flexibility index (Phi) is 6.99. The van der Waals surface area contributed by atoms with E-state index in [1.807, 2.05) is 44.2 Å². The van der Waals surface area contributed by atoms with Crippen LogP contribution in [0.4, 0.5) is 10.7 Å². The van der Waals surface area contributed by atoms with Crippen molar-refractivity contribution in [2.75, 3.05) is 31.1 Å². The molecule has 2 heterocycles. The van der Waals surface area contributed by atoms with Gasteiger partial charge >= 0.3 is 6.09 Å². The van der Waals surface area contributed by atoms with E-state index in [0.717, 1.165) is 5.56 Å². The third-order valence-corrected chi connectivity index (χ3v) is 4.85. The van der Waals surface area contributed by atoms with E-state index in [9.17, 15) is 9.59 Å². The highest BCUT2D eigenvalue weighted by Gasteiger charge is 2.31. The van der Waals surface area contributed by atoms with Crippen LogP contribution >= 0.6 is 0 Å². The van der Waals surface area contributed by atoms with E-state index in [2.05, 4.69) is 20.2 Å². The van der Waals surface area contributed by atoms with Gasteiger partial charge in [0.2, 0.25) is 11.9 Å². The van der Waals surface area contributed by atoms with Crippen molar-refractivity contribution in [1.29, 1.82) is 0 Å². The van der Waals surface area contributed by atoms with Gasteiger partial charge in [-0.2, -0.15) is 0 Å². The first-order valence-electron chi connectivity index (χ1n) is 9.82. The lowest BCUT2D eigenvalue weighted by Crippen LogP contribution is -2.56. The number of nitrogens with zero attached hydrogens (tertiary/aromatic N) is 4. The number of nitrogens with one attached hydrogen (secondary N) is 1. The number of carbonyl (C=O) groups is 2. The molecule has 154 valence electrons. The monoisotopic (exact) mass is 397 g/mol. The van der Waals surface area contributed by atoms with E-state index >= 15 is 0 Å². The average Bonchev–Trinajstić information content (AvgIpc) is 2.77. The summed E-state index contributed by atoms with van der Waals surface area (Å²) in [6.45, 7) is 6.41. The Bertz CT molecular complexity index is 792. The maximum Gasteiger partial charge on any atom is 0.408 e. The summed E-state index contributed by atoms with van der Waals surface area (Å²) in [7, 11) is 0. The number of anilines is 1. The highest BCUT2D eigenvalue weighted by molar-refractivity contribution is 5.86. The first-order valence-corrected chi connectivity index (χ1v) is 9.82. The molecule has 2 aromatic rings. The Morgan fingerprint density at radius 2 is 1.69 bits per heavy atom. The second-order valence-corrected chi connectivity index (χ2v) is 7.29. The maximum atomic E-state index is 13.0. The van der Waals surface area contributed by atoms with E-state index < -0.39 is 12.1 Å². The summed E-state index contributed by atoms with van der Waals surface area (Å²) in [5.74, 6) is 0.523. The van der Waals surface area contributed by atoms with Gasteiger partial charge in [-0.1, -0.05) is 44.2 Å². The molecule has 1 aromatic carbocycles. The van der Waals surface area contributed by atoms with E-state index in [0.29, 0.717) is 32.1 Å². The third-order valence-electron chi connectivity index (χ3n) is 4.85. The number of rotatable bonds is 6. The maximum absolute atomic E-state index is 13.0. The first-order chi connectivity index (χ1) is 14.0. The van der Waals surface area contributed by atoms with Gasteiger partial charge in [0.1, 0.15) is 12.6 Å². The molecule has 1 fully saturated rings. The first kappa shape index (κ1) is 20.6. The summed E-state index contributed by atoms with van der Waals surface area (Å²) in [6.07, 6.45) is 2.83. The lowest BCUT2D eigenvalue weighted by Gasteiger charge is -2.37. The molecule has 0 bridgehead atoms. The van der Waals surface area contributed by atoms with E-state index in [4.69, 9.17) is 4.74 Å². The molecule has 0 unspecified atom stereocenters. The molecule has 0 radical (unpaired) electrons. The Morgan fingerprint density at radius 3 is 2.31 bits per heavy atom. The number of amides is 2. The van der Waals surface area contributed by atoms with Gasteiger partial charge in [0.25, 0.3) is 0 Å². The van der Waals surface area contributed by atoms with Gasteiger partial charge in [-0.25, -0.2) is 14.8 Å². The van der Waals surface area contributed by atoms with Crippen molar-refractivity contribution in [3.63, 3.8) is 0 Å². The molecule has 0 spiro atoms. The minimum Gasteiger partial charge on any atom is -0.445 e. The summed E-state index contributed by atoms with van der Waals surface area (Å²) >= 11 is 0. The fourth-order valence-corrected chi connectivity index (χ4v) is 3.18. The van der Waals surface area contributed by atoms with Crippen LogP contribution in [-0.4, -0.2) is 59.1 Å². The van der Waals surface area contributed by atoms with Crippen LogP contribution < -0.4 is 10.2 Å². The molecule has 0 aliphatic carbocycles. The van der Waals surface area contributed by atoms with Gasteiger partial charge in [0.15, 0.2) is 0 Å². The second kappa shape index (κ2) is 9.86. The van der Waals surface area contributed by atoms with Crippen LogP contribution in [0, 0.1) is 5.92 Å². The zero-order chi connectivity index (χ0) is 20.6. The second-order valence-electron chi connectivity index (χ2n) is 7.29. The molecular formula is C21H27N5O3. The van der Waals surface area contributed by atoms with E-state index in [1.165, 1.54) is 0 Å². The van der Waals surface area contributed by atoms with Crippen LogP contribution in [0.2, 0.25) is 0 Å². The van der Waals surface area contributed by atoms with Crippen molar-refractivity contribution < 1.29 is 14.3 Å². The van der Waals surface area contributed by atoms with Crippen LogP contribution in [0.15, 0.2) is 48.8 Å². The summed E-state index contributed by atoms with van der Waals surface area (Å²) in [4.78, 5) is 37.6. The predicted octanol–water partition coefficient (Wildman–Crippen LogP) is 2.08. The fourth-order valence-electron chi connectivity index (χ4n) is 3.18. The summed E-state index contributed by atoms with van der Waals surface area (Å²) in [5.41, 5.74) is 0.898. The van der Waals surface area contributed by atoms with Gasteiger partial charge < -0.3 is 19.9 Å². The SMILES string of the molecule is CC(C)[C@@H](NC(=O)OCc1ccccc1)C(=O)N1CCN(c2ncccn2)CC1. The van der Waals surface area contributed by atoms with Crippen molar-refractivity contribution in [3.8, 4) is 0 Å². The predicted molar refractivity (Wildman–Crippen MR) is 109 cm³/mol. The van der Waals surface area contributed by atoms with Gasteiger partial charge in [0.05, 0.1) is 0 Å². The molecule has 0 saturated carbocycles.